The van der Waals surface area contributed by atoms with Crippen molar-refractivity contribution in [2.24, 2.45) is 0 Å². The molecular weight excluding hydrogens is 156 g/mol. The van der Waals surface area contributed by atoms with Gasteiger partial charge in [0.25, 0.3) is 0 Å². The Balaban J connectivity index is 2.11. The number of nitrogens with one attached hydrogen (secondary N) is 1. The number of carbonyl (C=O) groups excluding carboxylic acids is 1. The lowest BCUT2D eigenvalue weighted by atomic mass is 9.92. The van der Waals surface area contributed by atoms with Crippen LogP contribution in [0.4, 0.5) is 0 Å². The minimum Gasteiger partial charge on any atom is -0.376 e. The zero-order valence-electron chi connectivity index (χ0n) is 7.30. The molecule has 0 aromatic heterocycles. The summed E-state index contributed by atoms with van der Waals surface area (Å²) in [6.45, 7) is 5.62. The number of rotatable bonds is 0. The normalized spacial score (nSPS) is 26.9. The standard InChI is InChI=1S/C8H14N2O2/c1-7(11)10-3-2-9-4-8(10)5-12-6-8/h9H,2-6H2,1H3. The minimum atomic E-state index is -0.00984. The van der Waals surface area contributed by atoms with Gasteiger partial charge in [-0.2, -0.15) is 0 Å². The number of hydrogen-bond donors (Lipinski definition) is 1. The van der Waals surface area contributed by atoms with Crippen LogP contribution in [0.15, 0.2) is 0 Å². The Labute approximate surface area is 71.9 Å². The molecule has 0 aromatic rings. The fourth-order valence-electron chi connectivity index (χ4n) is 1.93. The average Bonchev–Trinajstić information content (AvgIpc) is 2.01. The van der Waals surface area contributed by atoms with Crippen molar-refractivity contribution in [3.05, 3.63) is 0 Å². The molecule has 0 radical (unpaired) electrons. The zero-order valence-corrected chi connectivity index (χ0v) is 7.30. The highest BCUT2D eigenvalue weighted by atomic mass is 16.5. The van der Waals surface area contributed by atoms with Crippen molar-refractivity contribution in [1.29, 1.82) is 0 Å². The van der Waals surface area contributed by atoms with E-state index in [1.165, 1.54) is 0 Å². The van der Waals surface area contributed by atoms with Crippen molar-refractivity contribution in [3.63, 3.8) is 0 Å². The van der Waals surface area contributed by atoms with E-state index in [1.807, 2.05) is 4.90 Å². The lowest BCUT2D eigenvalue weighted by Crippen LogP contribution is -2.71. The average molecular weight is 170 g/mol. The first kappa shape index (κ1) is 8.01. The van der Waals surface area contributed by atoms with E-state index in [0.717, 1.165) is 19.6 Å². The quantitative estimate of drug-likeness (QED) is 0.518. The smallest absolute Gasteiger partial charge is 0.220 e. The molecular formula is C8H14N2O2. The maximum atomic E-state index is 11.2. The van der Waals surface area contributed by atoms with Crippen LogP contribution in [0.2, 0.25) is 0 Å². The SMILES string of the molecule is CC(=O)N1CCNCC12COC2. The van der Waals surface area contributed by atoms with Crippen LogP contribution in [-0.4, -0.2) is 49.2 Å². The molecule has 0 aliphatic carbocycles. The summed E-state index contributed by atoms with van der Waals surface area (Å²) in [6.07, 6.45) is 0. The molecule has 0 aromatic carbocycles. The summed E-state index contributed by atoms with van der Waals surface area (Å²) in [5.74, 6) is 0.166. The molecule has 2 fully saturated rings. The molecule has 0 atom stereocenters. The van der Waals surface area contributed by atoms with Crippen molar-refractivity contribution < 1.29 is 9.53 Å². The first-order valence-electron chi connectivity index (χ1n) is 4.31. The van der Waals surface area contributed by atoms with Gasteiger partial charge >= 0.3 is 0 Å². The highest BCUT2D eigenvalue weighted by molar-refractivity contribution is 5.74. The van der Waals surface area contributed by atoms with Crippen molar-refractivity contribution >= 4 is 5.91 Å². The van der Waals surface area contributed by atoms with Crippen LogP contribution in [0, 0.1) is 0 Å². The number of amides is 1. The number of piperazine rings is 1. The Bertz CT molecular complexity index is 201. The summed E-state index contributed by atoms with van der Waals surface area (Å²) in [7, 11) is 0. The summed E-state index contributed by atoms with van der Waals surface area (Å²) in [6, 6.07) is 0. The molecule has 1 N–H and O–H groups in total. The Hall–Kier alpha value is -0.610. The van der Waals surface area contributed by atoms with Crippen LogP contribution in [-0.2, 0) is 9.53 Å². The number of hydrogen-bond acceptors (Lipinski definition) is 3. The van der Waals surface area contributed by atoms with Crippen LogP contribution < -0.4 is 5.32 Å². The molecule has 2 aliphatic rings. The van der Waals surface area contributed by atoms with Crippen LogP contribution in [0.5, 0.6) is 0 Å². The highest BCUT2D eigenvalue weighted by Gasteiger charge is 2.46. The third-order valence-corrected chi connectivity index (χ3v) is 2.66. The van der Waals surface area contributed by atoms with Crippen LogP contribution in [0.1, 0.15) is 6.92 Å². The predicted molar refractivity (Wildman–Crippen MR) is 43.8 cm³/mol. The lowest BCUT2D eigenvalue weighted by Gasteiger charge is -2.52. The number of carbonyl (C=O) groups is 1. The Morgan fingerprint density at radius 2 is 2.33 bits per heavy atom. The molecule has 2 aliphatic heterocycles. The van der Waals surface area contributed by atoms with E-state index in [0.29, 0.717) is 13.2 Å². The van der Waals surface area contributed by atoms with Gasteiger partial charge in [0.1, 0.15) is 5.54 Å². The topological polar surface area (TPSA) is 41.6 Å². The number of nitrogens with zero attached hydrogens (tertiary/aromatic N) is 1. The van der Waals surface area contributed by atoms with Gasteiger partial charge in [0.05, 0.1) is 13.2 Å². The van der Waals surface area contributed by atoms with E-state index in [4.69, 9.17) is 4.74 Å². The Morgan fingerprint density at radius 1 is 1.58 bits per heavy atom. The first-order valence-corrected chi connectivity index (χ1v) is 4.31. The molecule has 0 bridgehead atoms. The van der Waals surface area contributed by atoms with Crippen LogP contribution in [0.3, 0.4) is 0 Å². The molecule has 0 saturated carbocycles. The summed E-state index contributed by atoms with van der Waals surface area (Å²) in [4.78, 5) is 13.2. The highest BCUT2D eigenvalue weighted by Crippen LogP contribution is 2.26. The summed E-state index contributed by atoms with van der Waals surface area (Å²) in [5, 5.41) is 3.29. The molecule has 2 heterocycles. The summed E-state index contributed by atoms with van der Waals surface area (Å²) >= 11 is 0. The maximum absolute atomic E-state index is 11.2. The molecule has 1 spiro atoms. The van der Waals surface area contributed by atoms with Crippen LogP contribution in [0.25, 0.3) is 0 Å². The van der Waals surface area contributed by atoms with E-state index >= 15 is 0 Å². The fraction of sp³-hybridized carbons (Fsp3) is 0.875. The molecule has 4 heteroatoms. The summed E-state index contributed by atoms with van der Waals surface area (Å²) in [5.41, 5.74) is -0.00984. The molecule has 4 nitrogen and oxygen atoms in total. The van der Waals surface area contributed by atoms with E-state index in [9.17, 15) is 4.79 Å². The molecule has 2 rings (SSSR count). The van der Waals surface area contributed by atoms with E-state index < -0.39 is 0 Å². The van der Waals surface area contributed by atoms with Crippen molar-refractivity contribution in [1.82, 2.24) is 10.2 Å². The van der Waals surface area contributed by atoms with Gasteiger partial charge in [-0.15, -0.1) is 0 Å². The van der Waals surface area contributed by atoms with E-state index in [1.54, 1.807) is 6.92 Å². The van der Waals surface area contributed by atoms with Gasteiger partial charge in [-0.1, -0.05) is 0 Å². The molecule has 2 saturated heterocycles. The first-order chi connectivity index (χ1) is 5.75. The van der Waals surface area contributed by atoms with Crippen molar-refractivity contribution in [2.75, 3.05) is 32.8 Å². The van der Waals surface area contributed by atoms with Gasteiger partial charge in [-0.25, -0.2) is 0 Å². The lowest BCUT2D eigenvalue weighted by molar-refractivity contribution is -0.169. The van der Waals surface area contributed by atoms with Gasteiger partial charge in [-0.05, 0) is 0 Å². The van der Waals surface area contributed by atoms with Crippen LogP contribution >= 0.6 is 0 Å². The Morgan fingerprint density at radius 3 is 2.75 bits per heavy atom. The molecule has 1 amide bonds. The van der Waals surface area contributed by atoms with Gasteiger partial charge in [-0.3, -0.25) is 4.79 Å². The van der Waals surface area contributed by atoms with E-state index in [2.05, 4.69) is 5.32 Å². The third kappa shape index (κ3) is 1.03. The summed E-state index contributed by atoms with van der Waals surface area (Å²) < 4.78 is 5.16. The second-order valence-electron chi connectivity index (χ2n) is 3.56. The van der Waals surface area contributed by atoms with Crippen molar-refractivity contribution in [3.8, 4) is 0 Å². The second kappa shape index (κ2) is 2.71. The fourth-order valence-corrected chi connectivity index (χ4v) is 1.93. The van der Waals surface area contributed by atoms with Gasteiger partial charge in [0.15, 0.2) is 0 Å². The maximum Gasteiger partial charge on any atom is 0.220 e. The molecule has 12 heavy (non-hydrogen) atoms. The molecule has 68 valence electrons. The zero-order chi connectivity index (χ0) is 8.60. The predicted octanol–water partition coefficient (Wildman–Crippen LogP) is -0.793. The monoisotopic (exact) mass is 170 g/mol. The number of ether oxygens (including phenoxy) is 1. The van der Waals surface area contributed by atoms with Gasteiger partial charge in [0.2, 0.25) is 5.91 Å². The second-order valence-corrected chi connectivity index (χ2v) is 3.56. The van der Waals surface area contributed by atoms with E-state index in [-0.39, 0.29) is 11.4 Å². The van der Waals surface area contributed by atoms with Crippen molar-refractivity contribution in [2.45, 2.75) is 12.5 Å². The largest absolute Gasteiger partial charge is 0.376 e. The Kier molecular flexibility index (Phi) is 1.81. The molecule has 0 unspecified atom stereocenters. The van der Waals surface area contributed by atoms with Gasteiger partial charge in [0, 0.05) is 26.6 Å². The minimum absolute atomic E-state index is 0.00984. The third-order valence-electron chi connectivity index (χ3n) is 2.66. The van der Waals surface area contributed by atoms with Gasteiger partial charge < -0.3 is 15.0 Å².